The van der Waals surface area contributed by atoms with Crippen LogP contribution in [0, 0.1) is 0 Å². The second-order valence-electron chi connectivity index (χ2n) is 4.99. The van der Waals surface area contributed by atoms with E-state index in [0.29, 0.717) is 30.4 Å². The van der Waals surface area contributed by atoms with Gasteiger partial charge in [0.2, 0.25) is 0 Å². The SMILES string of the molecule is CCc1ccc(NC(=O)Nc2ccc3c(c2)OCCO3)cc1. The molecule has 1 aliphatic rings. The van der Waals surface area contributed by atoms with Gasteiger partial charge in [-0.2, -0.15) is 0 Å². The van der Waals surface area contributed by atoms with Crippen molar-refractivity contribution in [1.29, 1.82) is 0 Å². The summed E-state index contributed by atoms with van der Waals surface area (Å²) in [6.45, 7) is 3.16. The number of nitrogens with one attached hydrogen (secondary N) is 2. The van der Waals surface area contributed by atoms with Gasteiger partial charge in [0.25, 0.3) is 0 Å². The normalized spacial score (nSPS) is 12.6. The molecular weight excluding hydrogens is 280 g/mol. The fourth-order valence-corrected chi connectivity index (χ4v) is 2.24. The van der Waals surface area contributed by atoms with Crippen LogP contribution in [-0.2, 0) is 6.42 Å². The molecule has 2 aromatic carbocycles. The molecule has 0 saturated heterocycles. The summed E-state index contributed by atoms with van der Waals surface area (Å²) in [4.78, 5) is 12.0. The van der Waals surface area contributed by atoms with E-state index in [-0.39, 0.29) is 6.03 Å². The third-order valence-electron chi connectivity index (χ3n) is 3.42. The molecule has 0 spiro atoms. The molecule has 114 valence electrons. The lowest BCUT2D eigenvalue weighted by molar-refractivity contribution is 0.171. The van der Waals surface area contributed by atoms with E-state index in [1.165, 1.54) is 5.56 Å². The van der Waals surface area contributed by atoms with Crippen LogP contribution >= 0.6 is 0 Å². The summed E-state index contributed by atoms with van der Waals surface area (Å²) in [7, 11) is 0. The van der Waals surface area contributed by atoms with Gasteiger partial charge in [0.05, 0.1) is 0 Å². The summed E-state index contributed by atoms with van der Waals surface area (Å²) in [5.74, 6) is 1.35. The van der Waals surface area contributed by atoms with Gasteiger partial charge in [0, 0.05) is 17.4 Å². The second-order valence-corrected chi connectivity index (χ2v) is 4.99. The van der Waals surface area contributed by atoms with Crippen LogP contribution in [-0.4, -0.2) is 19.2 Å². The number of hydrogen-bond acceptors (Lipinski definition) is 3. The van der Waals surface area contributed by atoms with Crippen LogP contribution in [0.5, 0.6) is 11.5 Å². The van der Waals surface area contributed by atoms with Gasteiger partial charge in [-0.05, 0) is 36.2 Å². The largest absolute Gasteiger partial charge is 0.486 e. The molecule has 3 rings (SSSR count). The maximum absolute atomic E-state index is 12.0. The van der Waals surface area contributed by atoms with Gasteiger partial charge >= 0.3 is 6.03 Å². The molecule has 1 heterocycles. The van der Waals surface area contributed by atoms with Gasteiger partial charge in [-0.15, -0.1) is 0 Å². The first-order valence-electron chi connectivity index (χ1n) is 7.31. The van der Waals surface area contributed by atoms with Crippen molar-refractivity contribution in [1.82, 2.24) is 0 Å². The predicted octanol–water partition coefficient (Wildman–Crippen LogP) is 3.66. The average molecular weight is 298 g/mol. The minimum Gasteiger partial charge on any atom is -0.486 e. The molecule has 0 saturated carbocycles. The summed E-state index contributed by atoms with van der Waals surface area (Å²) >= 11 is 0. The number of fused-ring (bicyclic) bond motifs is 1. The Balaban J connectivity index is 1.63. The lowest BCUT2D eigenvalue weighted by atomic mass is 10.1. The van der Waals surface area contributed by atoms with Crippen LogP contribution in [0.1, 0.15) is 12.5 Å². The lowest BCUT2D eigenvalue weighted by Crippen LogP contribution is -2.20. The van der Waals surface area contributed by atoms with Crippen LogP contribution in [0.2, 0.25) is 0 Å². The first-order valence-corrected chi connectivity index (χ1v) is 7.31. The van der Waals surface area contributed by atoms with Crippen molar-refractivity contribution >= 4 is 17.4 Å². The Kier molecular flexibility index (Phi) is 4.14. The molecule has 0 bridgehead atoms. The summed E-state index contributed by atoms with van der Waals surface area (Å²) < 4.78 is 10.9. The zero-order chi connectivity index (χ0) is 15.4. The maximum Gasteiger partial charge on any atom is 0.323 e. The number of rotatable bonds is 3. The Hall–Kier alpha value is -2.69. The summed E-state index contributed by atoms with van der Waals surface area (Å²) in [6.07, 6.45) is 0.976. The quantitative estimate of drug-likeness (QED) is 0.909. The highest BCUT2D eigenvalue weighted by atomic mass is 16.6. The van der Waals surface area contributed by atoms with Gasteiger partial charge in [0.1, 0.15) is 13.2 Å². The number of carbonyl (C=O) groups excluding carboxylic acids is 1. The standard InChI is InChI=1S/C17H18N2O3/c1-2-12-3-5-13(6-4-12)18-17(20)19-14-7-8-15-16(11-14)22-10-9-21-15/h3-8,11H,2,9-10H2,1H3,(H2,18,19,20). The Morgan fingerprint density at radius 1 is 0.955 bits per heavy atom. The van der Waals surface area contributed by atoms with Gasteiger partial charge in [-0.3, -0.25) is 0 Å². The molecule has 0 radical (unpaired) electrons. The third-order valence-corrected chi connectivity index (χ3v) is 3.42. The van der Waals surface area contributed by atoms with Crippen LogP contribution < -0.4 is 20.1 Å². The molecule has 1 aliphatic heterocycles. The van der Waals surface area contributed by atoms with Crippen molar-refractivity contribution in [3.8, 4) is 11.5 Å². The molecule has 0 aromatic heterocycles. The van der Waals surface area contributed by atoms with E-state index < -0.39 is 0 Å². The average Bonchev–Trinajstić information content (AvgIpc) is 2.55. The third kappa shape index (κ3) is 3.31. The predicted molar refractivity (Wildman–Crippen MR) is 85.9 cm³/mol. The maximum atomic E-state index is 12.0. The van der Waals surface area contributed by atoms with Crippen molar-refractivity contribution in [2.45, 2.75) is 13.3 Å². The molecule has 0 atom stereocenters. The smallest absolute Gasteiger partial charge is 0.323 e. The molecule has 5 nitrogen and oxygen atoms in total. The summed E-state index contributed by atoms with van der Waals surface area (Å²) in [5.41, 5.74) is 2.65. The van der Waals surface area contributed by atoms with E-state index in [4.69, 9.17) is 9.47 Å². The van der Waals surface area contributed by atoms with Crippen LogP contribution in [0.25, 0.3) is 0 Å². The number of urea groups is 1. The van der Waals surface area contributed by atoms with Crippen LogP contribution in [0.4, 0.5) is 16.2 Å². The van der Waals surface area contributed by atoms with E-state index in [1.54, 1.807) is 18.2 Å². The first kappa shape index (κ1) is 14.3. The van der Waals surface area contributed by atoms with Crippen molar-refractivity contribution in [2.24, 2.45) is 0 Å². The number of aryl methyl sites for hydroxylation is 1. The Morgan fingerprint density at radius 3 is 2.32 bits per heavy atom. The van der Waals surface area contributed by atoms with Crippen LogP contribution in [0.3, 0.4) is 0 Å². The van der Waals surface area contributed by atoms with Gasteiger partial charge in [-0.25, -0.2) is 4.79 Å². The molecule has 2 amide bonds. The first-order chi connectivity index (χ1) is 10.7. The molecule has 0 fully saturated rings. The fourth-order valence-electron chi connectivity index (χ4n) is 2.24. The molecule has 2 N–H and O–H groups in total. The molecule has 0 unspecified atom stereocenters. The van der Waals surface area contributed by atoms with E-state index in [2.05, 4.69) is 17.6 Å². The van der Waals surface area contributed by atoms with Crippen molar-refractivity contribution in [2.75, 3.05) is 23.8 Å². The van der Waals surface area contributed by atoms with Crippen molar-refractivity contribution < 1.29 is 14.3 Å². The molecule has 5 heteroatoms. The zero-order valence-corrected chi connectivity index (χ0v) is 12.4. The minimum atomic E-state index is -0.291. The van der Waals surface area contributed by atoms with E-state index >= 15 is 0 Å². The van der Waals surface area contributed by atoms with E-state index in [9.17, 15) is 4.79 Å². The molecule has 2 aromatic rings. The van der Waals surface area contributed by atoms with Crippen molar-refractivity contribution in [3.63, 3.8) is 0 Å². The lowest BCUT2D eigenvalue weighted by Gasteiger charge is -2.19. The number of anilines is 2. The molecular formula is C17H18N2O3. The van der Waals surface area contributed by atoms with Gasteiger partial charge in [0.15, 0.2) is 11.5 Å². The molecule has 0 aliphatic carbocycles. The Labute approximate surface area is 129 Å². The van der Waals surface area contributed by atoms with E-state index in [1.807, 2.05) is 24.3 Å². The Morgan fingerprint density at radius 2 is 1.59 bits per heavy atom. The number of hydrogen-bond donors (Lipinski definition) is 2. The molecule has 22 heavy (non-hydrogen) atoms. The highest BCUT2D eigenvalue weighted by molar-refractivity contribution is 5.99. The fraction of sp³-hybridized carbons (Fsp3) is 0.235. The topological polar surface area (TPSA) is 59.6 Å². The Bertz CT molecular complexity index is 668. The second kappa shape index (κ2) is 6.39. The highest BCUT2D eigenvalue weighted by Gasteiger charge is 2.12. The van der Waals surface area contributed by atoms with Gasteiger partial charge in [-0.1, -0.05) is 19.1 Å². The summed E-state index contributed by atoms with van der Waals surface area (Å²) in [5, 5.41) is 5.58. The minimum absolute atomic E-state index is 0.291. The summed E-state index contributed by atoms with van der Waals surface area (Å²) in [6, 6.07) is 12.8. The van der Waals surface area contributed by atoms with E-state index in [0.717, 1.165) is 12.1 Å². The number of carbonyl (C=O) groups is 1. The van der Waals surface area contributed by atoms with Crippen LogP contribution in [0.15, 0.2) is 42.5 Å². The monoisotopic (exact) mass is 298 g/mol. The number of benzene rings is 2. The van der Waals surface area contributed by atoms with Gasteiger partial charge < -0.3 is 20.1 Å². The zero-order valence-electron chi connectivity index (χ0n) is 12.4. The van der Waals surface area contributed by atoms with Crippen molar-refractivity contribution in [3.05, 3.63) is 48.0 Å². The highest BCUT2D eigenvalue weighted by Crippen LogP contribution is 2.32. The number of amides is 2. The number of ether oxygens (including phenoxy) is 2.